The highest BCUT2D eigenvalue weighted by atomic mass is 32.2. The van der Waals surface area contributed by atoms with Gasteiger partial charge in [0.1, 0.15) is 0 Å². The molecule has 0 radical (unpaired) electrons. The molecule has 0 spiro atoms. The largest absolute Gasteiger partial charge is 0.303 e. The highest BCUT2D eigenvalue weighted by Crippen LogP contribution is 2.19. The molecule has 0 aromatic carbocycles. The van der Waals surface area contributed by atoms with Crippen LogP contribution in [0.5, 0.6) is 0 Å². The Morgan fingerprint density at radius 2 is 1.90 bits per heavy atom. The van der Waals surface area contributed by atoms with E-state index < -0.39 is 9.84 Å². The van der Waals surface area contributed by atoms with Crippen LogP contribution < -0.4 is 0 Å². The molecule has 0 N–H and O–H groups in total. The summed E-state index contributed by atoms with van der Waals surface area (Å²) in [6, 6.07) is 2.69. The Morgan fingerprint density at radius 1 is 1.19 bits per heavy atom. The Kier molecular flexibility index (Phi) is 4.93. The van der Waals surface area contributed by atoms with Crippen molar-refractivity contribution in [2.45, 2.75) is 25.3 Å². The third-order valence-corrected chi connectivity index (χ3v) is 7.03. The van der Waals surface area contributed by atoms with Gasteiger partial charge in [0.05, 0.1) is 11.5 Å². The van der Waals surface area contributed by atoms with E-state index in [1.54, 1.807) is 11.5 Å². The predicted molar refractivity (Wildman–Crippen MR) is 85.5 cm³/mol. The first kappa shape index (κ1) is 15.4. The molecule has 0 unspecified atom stereocenters. The molecule has 0 atom stereocenters. The van der Waals surface area contributed by atoms with Crippen LogP contribution in [0.15, 0.2) is 12.3 Å². The highest BCUT2D eigenvalue weighted by Gasteiger charge is 2.29. The van der Waals surface area contributed by atoms with Crippen molar-refractivity contribution in [2.24, 2.45) is 0 Å². The lowest BCUT2D eigenvalue weighted by Gasteiger charge is -2.40. The Morgan fingerprint density at radius 3 is 2.52 bits per heavy atom. The van der Waals surface area contributed by atoms with Crippen molar-refractivity contribution in [1.82, 2.24) is 14.2 Å². The average Bonchev–Trinajstić information content (AvgIpc) is 2.99. The van der Waals surface area contributed by atoms with Gasteiger partial charge >= 0.3 is 0 Å². The molecule has 21 heavy (non-hydrogen) atoms. The van der Waals surface area contributed by atoms with Gasteiger partial charge in [-0.2, -0.15) is 0 Å². The molecular weight excluding hydrogens is 306 g/mol. The van der Waals surface area contributed by atoms with E-state index >= 15 is 0 Å². The Labute approximate surface area is 131 Å². The molecule has 2 fully saturated rings. The Bertz CT molecular complexity index is 523. The van der Waals surface area contributed by atoms with Gasteiger partial charge in [-0.05, 0) is 50.0 Å². The first-order valence-corrected chi connectivity index (χ1v) is 10.3. The van der Waals surface area contributed by atoms with Gasteiger partial charge in [0.25, 0.3) is 0 Å². The van der Waals surface area contributed by atoms with E-state index in [1.165, 1.54) is 17.7 Å². The molecule has 1 aromatic rings. The molecule has 0 saturated carbocycles. The first-order chi connectivity index (χ1) is 10.1. The molecule has 2 saturated heterocycles. The minimum atomic E-state index is -2.76. The summed E-state index contributed by atoms with van der Waals surface area (Å²) in [4.78, 5) is 6.27. The third-order valence-electron chi connectivity index (χ3n) is 4.62. The fourth-order valence-electron chi connectivity index (χ4n) is 3.24. The second kappa shape index (κ2) is 6.73. The van der Waals surface area contributed by atoms with Gasteiger partial charge in [0.2, 0.25) is 0 Å². The number of rotatable bonds is 4. The lowest BCUT2D eigenvalue weighted by atomic mass is 10.0. The molecule has 118 valence electrons. The number of piperidine rings is 1. The molecular formula is C14H23N3O2S2. The van der Waals surface area contributed by atoms with Crippen LogP contribution in [-0.2, 0) is 16.3 Å². The van der Waals surface area contributed by atoms with Crippen molar-refractivity contribution in [3.05, 3.63) is 17.1 Å². The molecule has 0 aliphatic carbocycles. The normalized spacial score (nSPS) is 25.1. The summed E-state index contributed by atoms with van der Waals surface area (Å²) >= 11 is 1.59. The summed E-state index contributed by atoms with van der Waals surface area (Å²) in [5, 5.41) is 0. The van der Waals surface area contributed by atoms with E-state index in [2.05, 4.69) is 20.2 Å². The van der Waals surface area contributed by atoms with E-state index in [9.17, 15) is 8.42 Å². The molecule has 1 aromatic heterocycles. The zero-order valence-electron chi connectivity index (χ0n) is 12.3. The summed E-state index contributed by atoms with van der Waals surface area (Å²) in [5.41, 5.74) is 0. The van der Waals surface area contributed by atoms with E-state index in [4.69, 9.17) is 0 Å². The number of aromatic nitrogens is 1. The standard InChI is InChI=1S/C14H23N3O2S2/c18-21(19)11-9-17(10-12-21)13-2-6-16(7-3-13)8-4-14-1-5-15-20-14/h1,5,13H,2-4,6-12H2. The lowest BCUT2D eigenvalue weighted by molar-refractivity contribution is 0.116. The smallest absolute Gasteiger partial charge is 0.152 e. The molecule has 7 heteroatoms. The zero-order valence-corrected chi connectivity index (χ0v) is 13.9. The summed E-state index contributed by atoms with van der Waals surface area (Å²) in [5.74, 6) is 0.692. The number of likely N-dealkylation sites (tertiary alicyclic amines) is 1. The van der Waals surface area contributed by atoms with Crippen LogP contribution in [0.2, 0.25) is 0 Å². The molecule has 2 aliphatic heterocycles. The SMILES string of the molecule is O=S1(=O)CCN(C2CCN(CCc3ccns3)CC2)CC1. The third kappa shape index (κ3) is 4.25. The molecule has 3 rings (SSSR count). The Balaban J connectivity index is 1.41. The van der Waals surface area contributed by atoms with Gasteiger partial charge in [-0.15, -0.1) is 0 Å². The predicted octanol–water partition coefficient (Wildman–Crippen LogP) is 0.880. The van der Waals surface area contributed by atoms with Gasteiger partial charge < -0.3 is 4.90 Å². The summed E-state index contributed by atoms with van der Waals surface area (Å²) in [6.45, 7) is 4.84. The summed E-state index contributed by atoms with van der Waals surface area (Å²) < 4.78 is 27.1. The maximum atomic E-state index is 11.5. The van der Waals surface area contributed by atoms with Crippen molar-refractivity contribution in [3.8, 4) is 0 Å². The Hall–Kier alpha value is -0.500. The van der Waals surface area contributed by atoms with Gasteiger partial charge in [-0.1, -0.05) is 0 Å². The number of nitrogens with zero attached hydrogens (tertiary/aromatic N) is 3. The van der Waals surface area contributed by atoms with Crippen LogP contribution in [0.3, 0.4) is 0 Å². The van der Waals surface area contributed by atoms with Crippen molar-refractivity contribution in [1.29, 1.82) is 0 Å². The molecule has 5 nitrogen and oxygen atoms in total. The van der Waals surface area contributed by atoms with Crippen molar-refractivity contribution < 1.29 is 8.42 Å². The van der Waals surface area contributed by atoms with Gasteiger partial charge in [-0.3, -0.25) is 4.90 Å². The van der Waals surface area contributed by atoms with Crippen LogP contribution >= 0.6 is 11.5 Å². The number of hydrogen-bond donors (Lipinski definition) is 0. The maximum absolute atomic E-state index is 11.5. The quantitative estimate of drug-likeness (QED) is 0.821. The second-order valence-electron chi connectivity index (χ2n) is 5.99. The average molecular weight is 329 g/mol. The minimum Gasteiger partial charge on any atom is -0.303 e. The van der Waals surface area contributed by atoms with Crippen LogP contribution in [0.4, 0.5) is 0 Å². The fraction of sp³-hybridized carbons (Fsp3) is 0.786. The number of hydrogen-bond acceptors (Lipinski definition) is 6. The molecule has 0 amide bonds. The van der Waals surface area contributed by atoms with E-state index in [-0.39, 0.29) is 0 Å². The van der Waals surface area contributed by atoms with Crippen LogP contribution in [0.1, 0.15) is 17.7 Å². The van der Waals surface area contributed by atoms with Gasteiger partial charge in [-0.25, -0.2) is 12.8 Å². The first-order valence-electron chi connectivity index (χ1n) is 7.69. The number of sulfone groups is 1. The molecule has 0 bridgehead atoms. The lowest BCUT2D eigenvalue weighted by Crippen LogP contribution is -2.50. The van der Waals surface area contributed by atoms with E-state index in [0.717, 1.165) is 39.1 Å². The summed E-state index contributed by atoms with van der Waals surface area (Å²) in [6.07, 6.45) is 5.30. The van der Waals surface area contributed by atoms with Crippen molar-refractivity contribution in [2.75, 3.05) is 44.2 Å². The van der Waals surface area contributed by atoms with Crippen LogP contribution in [0.25, 0.3) is 0 Å². The fourth-order valence-corrected chi connectivity index (χ4v) is 5.03. The van der Waals surface area contributed by atoms with Gasteiger partial charge in [0.15, 0.2) is 9.84 Å². The van der Waals surface area contributed by atoms with Crippen LogP contribution in [0, 0.1) is 0 Å². The highest BCUT2D eigenvalue weighted by molar-refractivity contribution is 7.91. The zero-order chi connectivity index (χ0) is 14.7. The maximum Gasteiger partial charge on any atom is 0.152 e. The van der Waals surface area contributed by atoms with Crippen molar-refractivity contribution >= 4 is 21.4 Å². The van der Waals surface area contributed by atoms with E-state index in [1.807, 2.05) is 6.20 Å². The topological polar surface area (TPSA) is 53.5 Å². The van der Waals surface area contributed by atoms with Gasteiger partial charge in [0, 0.05) is 36.8 Å². The molecule has 3 heterocycles. The second-order valence-corrected chi connectivity index (χ2v) is 9.21. The van der Waals surface area contributed by atoms with Crippen molar-refractivity contribution in [3.63, 3.8) is 0 Å². The summed E-state index contributed by atoms with van der Waals surface area (Å²) in [7, 11) is -2.76. The molecule has 2 aliphatic rings. The monoisotopic (exact) mass is 329 g/mol. The van der Waals surface area contributed by atoms with E-state index in [0.29, 0.717) is 17.5 Å². The van der Waals surface area contributed by atoms with Crippen LogP contribution in [-0.4, -0.2) is 72.9 Å². The minimum absolute atomic E-state index is 0.346.